The van der Waals surface area contributed by atoms with E-state index in [0.717, 1.165) is 38.5 Å². The minimum Gasteiger partial charge on any atom is -0.478 e. The van der Waals surface area contributed by atoms with Gasteiger partial charge in [-0.25, -0.2) is 4.79 Å². The zero-order chi connectivity index (χ0) is 15.5. The summed E-state index contributed by atoms with van der Waals surface area (Å²) in [5.41, 5.74) is 0.953. The average molecular weight is 287 g/mol. The molecular formula is C18H25NO2. The van der Waals surface area contributed by atoms with Crippen molar-refractivity contribution >= 4 is 5.97 Å². The summed E-state index contributed by atoms with van der Waals surface area (Å²) >= 11 is 0. The third-order valence-corrected chi connectivity index (χ3v) is 6.12. The van der Waals surface area contributed by atoms with Crippen molar-refractivity contribution in [3.8, 4) is 6.07 Å². The maximum absolute atomic E-state index is 11.0. The number of rotatable bonds is 3. The minimum atomic E-state index is -0.827. The summed E-state index contributed by atoms with van der Waals surface area (Å²) in [6.07, 6.45) is 9.29. The molecule has 0 heterocycles. The molecule has 4 saturated carbocycles. The van der Waals surface area contributed by atoms with E-state index in [9.17, 15) is 10.1 Å². The Labute approximate surface area is 127 Å². The van der Waals surface area contributed by atoms with Gasteiger partial charge in [-0.3, -0.25) is 0 Å². The van der Waals surface area contributed by atoms with Crippen LogP contribution in [0.2, 0.25) is 0 Å². The standard InChI is InChI=1S/C18H25NO2/c1-13(14(20)21)4-5-17-7-15(2)6-16(3,8-17)10-18(9-15,11-17)12-19/h4H,5-11H2,1-3H3,(H,20,21). The van der Waals surface area contributed by atoms with Gasteiger partial charge in [0.1, 0.15) is 0 Å². The summed E-state index contributed by atoms with van der Waals surface area (Å²) in [6.45, 7) is 6.36. The monoisotopic (exact) mass is 287 g/mol. The van der Waals surface area contributed by atoms with Crippen LogP contribution in [0.15, 0.2) is 11.6 Å². The number of allylic oxidation sites excluding steroid dienone is 1. The number of aliphatic carboxylic acids is 1. The SMILES string of the molecule is CC(=CCC12CC3(C)CC(C)(CC(C#N)(C3)C1)C2)C(=O)O. The molecule has 4 rings (SSSR count). The van der Waals surface area contributed by atoms with Crippen LogP contribution >= 0.6 is 0 Å². The third-order valence-electron chi connectivity index (χ3n) is 6.12. The molecule has 0 radical (unpaired) electrons. The number of nitriles is 1. The number of nitrogens with zero attached hydrogens (tertiary/aromatic N) is 1. The molecule has 0 aromatic heterocycles. The van der Waals surface area contributed by atoms with Crippen molar-refractivity contribution < 1.29 is 9.90 Å². The Bertz CT molecular complexity index is 550. The largest absolute Gasteiger partial charge is 0.478 e. The summed E-state index contributed by atoms with van der Waals surface area (Å²) in [6, 6.07) is 2.66. The van der Waals surface area contributed by atoms with E-state index >= 15 is 0 Å². The van der Waals surface area contributed by atoms with E-state index in [0.29, 0.717) is 5.57 Å². The summed E-state index contributed by atoms with van der Waals surface area (Å²) < 4.78 is 0. The summed E-state index contributed by atoms with van der Waals surface area (Å²) in [7, 11) is 0. The lowest BCUT2D eigenvalue weighted by molar-refractivity contribution is -0.168. The van der Waals surface area contributed by atoms with Crippen LogP contribution in [0, 0.1) is 33.0 Å². The molecule has 1 N–H and O–H groups in total. The number of carboxylic acids is 1. The van der Waals surface area contributed by atoms with Gasteiger partial charge < -0.3 is 5.11 Å². The average Bonchev–Trinajstić information content (AvgIpc) is 2.31. The quantitative estimate of drug-likeness (QED) is 0.787. The number of carbonyl (C=O) groups is 1. The van der Waals surface area contributed by atoms with Gasteiger partial charge in [0, 0.05) is 5.57 Å². The predicted octanol–water partition coefficient (Wildman–Crippen LogP) is 4.30. The van der Waals surface area contributed by atoms with Gasteiger partial charge in [-0.2, -0.15) is 5.26 Å². The van der Waals surface area contributed by atoms with E-state index in [1.54, 1.807) is 6.92 Å². The van der Waals surface area contributed by atoms with Crippen LogP contribution < -0.4 is 0 Å². The van der Waals surface area contributed by atoms with Gasteiger partial charge in [-0.05, 0) is 68.1 Å². The lowest BCUT2D eigenvalue weighted by Gasteiger charge is -2.68. The van der Waals surface area contributed by atoms with Crippen molar-refractivity contribution in [3.63, 3.8) is 0 Å². The Kier molecular flexibility index (Phi) is 2.87. The van der Waals surface area contributed by atoms with Crippen LogP contribution in [-0.4, -0.2) is 11.1 Å². The molecule has 0 aliphatic heterocycles. The first kappa shape index (κ1) is 14.6. The fraction of sp³-hybridized carbons (Fsp3) is 0.778. The zero-order valence-corrected chi connectivity index (χ0v) is 13.3. The second-order valence-corrected chi connectivity index (χ2v) is 8.97. The molecule has 4 fully saturated rings. The Morgan fingerprint density at radius 2 is 1.71 bits per heavy atom. The number of hydrogen-bond acceptors (Lipinski definition) is 2. The Morgan fingerprint density at radius 3 is 2.19 bits per heavy atom. The first-order chi connectivity index (χ1) is 9.63. The molecule has 4 aliphatic rings. The van der Waals surface area contributed by atoms with Gasteiger partial charge in [-0.1, -0.05) is 19.9 Å². The van der Waals surface area contributed by atoms with Crippen LogP contribution in [0.25, 0.3) is 0 Å². The fourth-order valence-electron chi connectivity index (χ4n) is 6.73. The van der Waals surface area contributed by atoms with Crippen molar-refractivity contribution in [1.82, 2.24) is 0 Å². The van der Waals surface area contributed by atoms with Gasteiger partial charge in [0.15, 0.2) is 0 Å². The van der Waals surface area contributed by atoms with Crippen molar-refractivity contribution in [2.24, 2.45) is 21.7 Å². The highest BCUT2D eigenvalue weighted by atomic mass is 16.4. The number of hydrogen-bond donors (Lipinski definition) is 1. The van der Waals surface area contributed by atoms with Crippen molar-refractivity contribution in [1.29, 1.82) is 5.26 Å². The molecule has 2 atom stereocenters. The molecule has 0 aromatic carbocycles. The Balaban J connectivity index is 1.95. The van der Waals surface area contributed by atoms with Gasteiger partial charge in [0.2, 0.25) is 0 Å². The highest BCUT2D eigenvalue weighted by Gasteiger charge is 2.65. The topological polar surface area (TPSA) is 61.1 Å². The molecule has 0 saturated heterocycles. The van der Waals surface area contributed by atoms with E-state index < -0.39 is 5.97 Å². The first-order valence-electron chi connectivity index (χ1n) is 7.94. The highest BCUT2D eigenvalue weighted by molar-refractivity contribution is 5.85. The van der Waals surface area contributed by atoms with Crippen LogP contribution in [-0.2, 0) is 4.79 Å². The van der Waals surface area contributed by atoms with E-state index in [1.165, 1.54) is 6.42 Å². The van der Waals surface area contributed by atoms with Gasteiger partial charge in [0.05, 0.1) is 11.5 Å². The zero-order valence-electron chi connectivity index (χ0n) is 13.3. The van der Waals surface area contributed by atoms with Gasteiger partial charge >= 0.3 is 5.97 Å². The molecule has 0 spiro atoms. The molecule has 4 aliphatic carbocycles. The molecule has 0 amide bonds. The van der Waals surface area contributed by atoms with Crippen LogP contribution in [0.4, 0.5) is 0 Å². The van der Waals surface area contributed by atoms with Gasteiger partial charge in [0.25, 0.3) is 0 Å². The molecule has 0 aromatic rings. The van der Waals surface area contributed by atoms with Crippen molar-refractivity contribution in [2.75, 3.05) is 0 Å². The molecule has 21 heavy (non-hydrogen) atoms. The van der Waals surface area contributed by atoms with E-state index in [1.807, 2.05) is 6.08 Å². The van der Waals surface area contributed by atoms with E-state index in [4.69, 9.17) is 5.11 Å². The van der Waals surface area contributed by atoms with Crippen LogP contribution in [0.3, 0.4) is 0 Å². The van der Waals surface area contributed by atoms with E-state index in [2.05, 4.69) is 19.9 Å². The maximum atomic E-state index is 11.0. The van der Waals surface area contributed by atoms with Crippen LogP contribution in [0.5, 0.6) is 0 Å². The molecular weight excluding hydrogens is 262 g/mol. The second kappa shape index (κ2) is 4.12. The predicted molar refractivity (Wildman–Crippen MR) is 80.4 cm³/mol. The van der Waals surface area contributed by atoms with Crippen LogP contribution in [0.1, 0.15) is 65.7 Å². The van der Waals surface area contributed by atoms with Crippen molar-refractivity contribution in [3.05, 3.63) is 11.6 Å². The normalized spacial score (nSPS) is 48.2. The second-order valence-electron chi connectivity index (χ2n) is 8.97. The Hall–Kier alpha value is -1.30. The first-order valence-corrected chi connectivity index (χ1v) is 7.94. The molecule has 3 nitrogen and oxygen atoms in total. The smallest absolute Gasteiger partial charge is 0.330 e. The lowest BCUT2D eigenvalue weighted by Crippen LogP contribution is -2.59. The fourth-order valence-corrected chi connectivity index (χ4v) is 6.73. The summed E-state index contributed by atoms with van der Waals surface area (Å²) in [5.74, 6) is -0.827. The Morgan fingerprint density at radius 1 is 1.14 bits per heavy atom. The molecule has 2 unspecified atom stereocenters. The van der Waals surface area contributed by atoms with Crippen molar-refractivity contribution in [2.45, 2.75) is 65.7 Å². The maximum Gasteiger partial charge on any atom is 0.330 e. The molecule has 3 heteroatoms. The lowest BCUT2D eigenvalue weighted by atomic mass is 9.36. The third kappa shape index (κ3) is 2.29. The van der Waals surface area contributed by atoms with Gasteiger partial charge in [-0.15, -0.1) is 0 Å². The summed E-state index contributed by atoms with van der Waals surface area (Å²) in [4.78, 5) is 11.0. The highest BCUT2D eigenvalue weighted by Crippen LogP contribution is 2.74. The minimum absolute atomic E-state index is 0.144. The summed E-state index contributed by atoms with van der Waals surface area (Å²) in [5, 5.41) is 18.9. The number of carboxylic acid groups (broad SMARTS) is 1. The molecule has 114 valence electrons. The van der Waals surface area contributed by atoms with E-state index in [-0.39, 0.29) is 21.7 Å². The molecule has 4 bridgehead atoms.